The average Bonchev–Trinajstić information content (AvgIpc) is 2.87. The van der Waals surface area contributed by atoms with Gasteiger partial charge in [-0.15, -0.1) is 0 Å². The highest BCUT2D eigenvalue weighted by atomic mass is 16.5. The van der Waals surface area contributed by atoms with Crippen LogP contribution in [0.25, 0.3) is 0 Å². The molecular weight excluding hydrogens is 330 g/mol. The standard InChI is InChI=1S/C17H21NO7/c1-5-7-8-13(21)24-9-12(20)18-16-15(17(22)23-6-2)14(10(3)19)11(4)25-16/h7-8H,5-6,9H2,1-4H3,(H,18,20)/b8-7+. The molecule has 0 aliphatic carbocycles. The van der Waals surface area contributed by atoms with Gasteiger partial charge in [0.05, 0.1) is 12.2 Å². The molecule has 8 heteroatoms. The number of amides is 1. The molecule has 1 aromatic heterocycles. The lowest BCUT2D eigenvalue weighted by Gasteiger charge is -2.06. The van der Waals surface area contributed by atoms with Gasteiger partial charge in [0.1, 0.15) is 11.3 Å². The fraction of sp³-hybridized carbons (Fsp3) is 0.412. The van der Waals surface area contributed by atoms with Crippen molar-refractivity contribution in [3.63, 3.8) is 0 Å². The van der Waals surface area contributed by atoms with Gasteiger partial charge in [-0.2, -0.15) is 0 Å². The lowest BCUT2D eigenvalue weighted by atomic mass is 10.1. The third-order valence-electron chi connectivity index (χ3n) is 3.00. The van der Waals surface area contributed by atoms with Crippen LogP contribution < -0.4 is 5.32 Å². The van der Waals surface area contributed by atoms with E-state index in [1.165, 1.54) is 19.9 Å². The molecule has 25 heavy (non-hydrogen) atoms. The van der Waals surface area contributed by atoms with Gasteiger partial charge in [-0.3, -0.25) is 14.9 Å². The SMILES string of the molecule is CC/C=C/C(=O)OCC(=O)Nc1oc(C)c(C(C)=O)c1C(=O)OCC. The second kappa shape index (κ2) is 9.41. The zero-order valence-corrected chi connectivity index (χ0v) is 14.6. The Hall–Kier alpha value is -2.90. The van der Waals surface area contributed by atoms with Crippen molar-refractivity contribution in [3.05, 3.63) is 29.0 Å². The molecule has 0 aliphatic rings. The summed E-state index contributed by atoms with van der Waals surface area (Å²) < 4.78 is 15.0. The molecule has 0 bridgehead atoms. The van der Waals surface area contributed by atoms with Gasteiger partial charge in [0.25, 0.3) is 5.91 Å². The van der Waals surface area contributed by atoms with Gasteiger partial charge >= 0.3 is 11.9 Å². The number of rotatable bonds is 8. The second-order valence-electron chi connectivity index (χ2n) is 4.98. The number of furan rings is 1. The van der Waals surface area contributed by atoms with Crippen molar-refractivity contribution < 1.29 is 33.1 Å². The number of hydrogen-bond acceptors (Lipinski definition) is 7. The molecule has 1 amide bonds. The van der Waals surface area contributed by atoms with Gasteiger partial charge in [-0.1, -0.05) is 13.0 Å². The molecule has 0 spiro atoms. The van der Waals surface area contributed by atoms with Crippen LogP contribution in [-0.4, -0.2) is 36.8 Å². The Morgan fingerprint density at radius 1 is 1.12 bits per heavy atom. The summed E-state index contributed by atoms with van der Waals surface area (Å²) in [5.41, 5.74) is -0.117. The number of esters is 2. The fourth-order valence-corrected chi connectivity index (χ4v) is 2.02. The van der Waals surface area contributed by atoms with Crippen LogP contribution in [0.15, 0.2) is 16.6 Å². The molecule has 1 N–H and O–H groups in total. The van der Waals surface area contributed by atoms with Crippen molar-refractivity contribution in [2.45, 2.75) is 34.1 Å². The molecule has 0 fully saturated rings. The van der Waals surface area contributed by atoms with E-state index >= 15 is 0 Å². The van der Waals surface area contributed by atoms with Crippen LogP contribution in [0.3, 0.4) is 0 Å². The number of hydrogen-bond donors (Lipinski definition) is 1. The maximum Gasteiger partial charge on any atom is 0.344 e. The number of ether oxygens (including phenoxy) is 2. The van der Waals surface area contributed by atoms with Crippen LogP contribution in [0.4, 0.5) is 5.88 Å². The third-order valence-corrected chi connectivity index (χ3v) is 3.00. The zero-order valence-electron chi connectivity index (χ0n) is 14.6. The lowest BCUT2D eigenvalue weighted by Crippen LogP contribution is -2.21. The van der Waals surface area contributed by atoms with Gasteiger partial charge in [-0.25, -0.2) is 9.59 Å². The molecule has 0 radical (unpaired) electrons. The van der Waals surface area contributed by atoms with Crippen molar-refractivity contribution in [2.24, 2.45) is 0 Å². The average molecular weight is 351 g/mol. The van der Waals surface area contributed by atoms with Crippen LogP contribution in [0, 0.1) is 6.92 Å². The van der Waals surface area contributed by atoms with Crippen molar-refractivity contribution in [2.75, 3.05) is 18.5 Å². The Balaban J connectivity index is 2.94. The van der Waals surface area contributed by atoms with E-state index < -0.39 is 30.2 Å². The monoisotopic (exact) mass is 351 g/mol. The van der Waals surface area contributed by atoms with Crippen molar-refractivity contribution >= 4 is 29.5 Å². The maximum absolute atomic E-state index is 12.1. The summed E-state index contributed by atoms with van der Waals surface area (Å²) >= 11 is 0. The molecule has 0 saturated heterocycles. The molecule has 1 rings (SSSR count). The first-order valence-corrected chi connectivity index (χ1v) is 7.76. The normalized spacial score (nSPS) is 10.6. The summed E-state index contributed by atoms with van der Waals surface area (Å²) in [6, 6.07) is 0. The maximum atomic E-state index is 12.1. The van der Waals surface area contributed by atoms with Gasteiger partial charge < -0.3 is 13.9 Å². The summed E-state index contributed by atoms with van der Waals surface area (Å²) in [5.74, 6) is -2.61. The Bertz CT molecular complexity index is 700. The van der Waals surface area contributed by atoms with Crippen LogP contribution in [-0.2, 0) is 19.1 Å². The van der Waals surface area contributed by atoms with E-state index in [2.05, 4.69) is 5.32 Å². The third kappa shape index (κ3) is 5.59. The molecule has 8 nitrogen and oxygen atoms in total. The Kier molecular flexibility index (Phi) is 7.58. The minimum Gasteiger partial charge on any atom is -0.462 e. The highest BCUT2D eigenvalue weighted by Crippen LogP contribution is 2.28. The van der Waals surface area contributed by atoms with Crippen LogP contribution in [0.5, 0.6) is 0 Å². The smallest absolute Gasteiger partial charge is 0.344 e. The molecule has 0 atom stereocenters. The van der Waals surface area contributed by atoms with Gasteiger partial charge in [0, 0.05) is 6.08 Å². The van der Waals surface area contributed by atoms with E-state index in [0.29, 0.717) is 6.42 Å². The minimum atomic E-state index is -0.789. The predicted molar refractivity (Wildman–Crippen MR) is 88.4 cm³/mol. The predicted octanol–water partition coefficient (Wildman–Crippen LogP) is 2.42. The number of aryl methyl sites for hydroxylation is 1. The van der Waals surface area contributed by atoms with Crippen molar-refractivity contribution in [1.29, 1.82) is 0 Å². The van der Waals surface area contributed by atoms with Crippen molar-refractivity contribution in [1.82, 2.24) is 0 Å². The highest BCUT2D eigenvalue weighted by Gasteiger charge is 2.28. The number of allylic oxidation sites excluding steroid dienone is 1. The van der Waals surface area contributed by atoms with Crippen LogP contribution >= 0.6 is 0 Å². The number of carbonyl (C=O) groups excluding carboxylic acids is 4. The number of ketones is 1. The van der Waals surface area contributed by atoms with E-state index in [9.17, 15) is 19.2 Å². The summed E-state index contributed by atoms with van der Waals surface area (Å²) in [7, 11) is 0. The summed E-state index contributed by atoms with van der Waals surface area (Å²) in [6.45, 7) is 5.75. The first-order valence-electron chi connectivity index (χ1n) is 7.76. The largest absolute Gasteiger partial charge is 0.462 e. The topological polar surface area (TPSA) is 112 Å². The van der Waals surface area contributed by atoms with Gasteiger partial charge in [0.2, 0.25) is 5.88 Å². The quantitative estimate of drug-likeness (QED) is 0.435. The van der Waals surface area contributed by atoms with Gasteiger partial charge in [-0.05, 0) is 27.2 Å². The molecule has 136 valence electrons. The molecule has 1 aromatic rings. The number of Topliss-reactive ketones (excluding diaryl/α,β-unsaturated/α-hetero) is 1. The molecule has 0 saturated carbocycles. The first kappa shape index (κ1) is 20.1. The van der Waals surface area contributed by atoms with E-state index in [4.69, 9.17) is 13.9 Å². The molecular formula is C17H21NO7. The summed E-state index contributed by atoms with van der Waals surface area (Å²) in [6.07, 6.45) is 3.46. The molecule has 1 heterocycles. The fourth-order valence-electron chi connectivity index (χ4n) is 2.02. The lowest BCUT2D eigenvalue weighted by molar-refractivity contribution is -0.142. The summed E-state index contributed by atoms with van der Waals surface area (Å²) in [4.78, 5) is 47.1. The Labute approximate surface area is 145 Å². The molecule has 0 aromatic carbocycles. The summed E-state index contributed by atoms with van der Waals surface area (Å²) in [5, 5.41) is 2.32. The number of anilines is 1. The van der Waals surface area contributed by atoms with E-state index in [1.54, 1.807) is 13.0 Å². The molecule has 0 unspecified atom stereocenters. The Morgan fingerprint density at radius 3 is 2.36 bits per heavy atom. The van der Waals surface area contributed by atoms with Crippen molar-refractivity contribution in [3.8, 4) is 0 Å². The zero-order chi connectivity index (χ0) is 19.0. The van der Waals surface area contributed by atoms with Crippen LogP contribution in [0.2, 0.25) is 0 Å². The first-order chi connectivity index (χ1) is 11.8. The highest BCUT2D eigenvalue weighted by molar-refractivity contribution is 6.10. The number of carbonyl (C=O) groups is 4. The number of nitrogens with one attached hydrogen (secondary N) is 1. The second-order valence-corrected chi connectivity index (χ2v) is 4.98. The van der Waals surface area contributed by atoms with Crippen LogP contribution in [0.1, 0.15) is 53.7 Å². The van der Waals surface area contributed by atoms with E-state index in [0.717, 1.165) is 0 Å². The Morgan fingerprint density at radius 2 is 1.80 bits per heavy atom. The minimum absolute atomic E-state index is 0.0385. The van der Waals surface area contributed by atoms with E-state index in [-0.39, 0.29) is 29.4 Å². The van der Waals surface area contributed by atoms with Gasteiger partial charge in [0.15, 0.2) is 12.4 Å². The molecule has 0 aliphatic heterocycles. The van der Waals surface area contributed by atoms with E-state index in [1.807, 2.05) is 6.92 Å².